The number of benzene rings is 3. The minimum Gasteiger partial charge on any atom is -0.366 e. The quantitative estimate of drug-likeness (QED) is 0.434. The van der Waals surface area contributed by atoms with Crippen molar-refractivity contribution in [2.45, 2.75) is 52.0 Å². The zero-order valence-corrected chi connectivity index (χ0v) is 18.9. The Morgan fingerprint density at radius 1 is 1.16 bits per heavy atom. The molecule has 0 aliphatic carbocycles. The first-order valence-electron chi connectivity index (χ1n) is 11.1. The maximum absolute atomic E-state index is 12.5. The zero-order chi connectivity index (χ0) is 22.0. The molecule has 1 aliphatic rings. The van der Waals surface area contributed by atoms with E-state index in [4.69, 9.17) is 0 Å². The van der Waals surface area contributed by atoms with Crippen LogP contribution in [0.3, 0.4) is 0 Å². The highest BCUT2D eigenvalue weighted by atomic mass is 16.2. The Morgan fingerprint density at radius 2 is 1.94 bits per heavy atom. The largest absolute Gasteiger partial charge is 0.366 e. The summed E-state index contributed by atoms with van der Waals surface area (Å²) in [6.45, 7) is 10.1. The molecule has 1 atom stereocenters. The van der Waals surface area contributed by atoms with Gasteiger partial charge < -0.3 is 4.90 Å². The van der Waals surface area contributed by atoms with Crippen LogP contribution in [0, 0.1) is 0 Å². The third-order valence-electron chi connectivity index (χ3n) is 6.36. The molecule has 160 valence electrons. The molecule has 0 bridgehead atoms. The minimum atomic E-state index is -0.113. The number of hydrogen-bond acceptors (Lipinski definition) is 3. The second kappa shape index (κ2) is 8.54. The normalized spacial score (nSPS) is 17.7. The van der Waals surface area contributed by atoms with Crippen LogP contribution >= 0.6 is 0 Å². The number of rotatable bonds is 5. The predicted molar refractivity (Wildman–Crippen MR) is 130 cm³/mol. The Kier molecular flexibility index (Phi) is 5.81. The average molecular weight is 414 g/mol. The highest BCUT2D eigenvalue weighted by Gasteiger charge is 2.35. The van der Waals surface area contributed by atoms with E-state index in [1.165, 1.54) is 11.3 Å². The van der Waals surface area contributed by atoms with E-state index in [0.29, 0.717) is 12.3 Å². The maximum atomic E-state index is 12.5. The highest BCUT2D eigenvalue weighted by Crippen LogP contribution is 2.43. The molecule has 0 spiro atoms. The summed E-state index contributed by atoms with van der Waals surface area (Å²) in [5, 5.41) is 6.47. The van der Waals surface area contributed by atoms with Gasteiger partial charge in [0.1, 0.15) is 0 Å². The summed E-state index contributed by atoms with van der Waals surface area (Å²) in [5.74, 6) is 0.375. The molecular formula is C27H31N3O. The maximum Gasteiger partial charge on any atom is 0.244 e. The fraction of sp³-hybridized carbons (Fsp3) is 0.333. The first-order valence-corrected chi connectivity index (χ1v) is 11.1. The summed E-state index contributed by atoms with van der Waals surface area (Å²) in [6, 6.07) is 20.6. The van der Waals surface area contributed by atoms with Crippen LogP contribution in [0.5, 0.6) is 0 Å². The summed E-state index contributed by atoms with van der Waals surface area (Å²) in [4.78, 5) is 14.9. The van der Waals surface area contributed by atoms with E-state index in [9.17, 15) is 4.79 Å². The lowest BCUT2D eigenvalue weighted by Gasteiger charge is -2.47. The molecule has 1 heterocycles. The van der Waals surface area contributed by atoms with Crippen molar-refractivity contribution >= 4 is 28.6 Å². The molecule has 0 aromatic heterocycles. The van der Waals surface area contributed by atoms with E-state index < -0.39 is 0 Å². The highest BCUT2D eigenvalue weighted by molar-refractivity contribution is 5.90. The fourth-order valence-corrected chi connectivity index (χ4v) is 5.03. The fourth-order valence-electron chi connectivity index (χ4n) is 5.03. The van der Waals surface area contributed by atoms with Gasteiger partial charge in [0.05, 0.1) is 12.6 Å². The van der Waals surface area contributed by atoms with Gasteiger partial charge in [0.25, 0.3) is 0 Å². The molecule has 4 nitrogen and oxygen atoms in total. The summed E-state index contributed by atoms with van der Waals surface area (Å²) in [6.07, 6.45) is 3.17. The topological polar surface area (TPSA) is 44.7 Å². The van der Waals surface area contributed by atoms with E-state index in [1.807, 2.05) is 24.3 Å². The molecular weight excluding hydrogens is 382 g/mol. The Balaban J connectivity index is 1.46. The number of fused-ring (bicyclic) bond motifs is 2. The molecule has 4 rings (SSSR count). The molecule has 1 aliphatic heterocycles. The van der Waals surface area contributed by atoms with Crippen molar-refractivity contribution in [1.82, 2.24) is 5.43 Å². The monoisotopic (exact) mass is 413 g/mol. The smallest absolute Gasteiger partial charge is 0.244 e. The van der Waals surface area contributed by atoms with Crippen molar-refractivity contribution < 1.29 is 4.79 Å². The lowest BCUT2D eigenvalue weighted by molar-refractivity contribution is -0.120. The molecule has 0 radical (unpaired) electrons. The van der Waals surface area contributed by atoms with Gasteiger partial charge >= 0.3 is 0 Å². The molecule has 3 aromatic rings. The van der Waals surface area contributed by atoms with Gasteiger partial charge in [-0.25, -0.2) is 5.43 Å². The van der Waals surface area contributed by atoms with Gasteiger partial charge in [-0.05, 0) is 72.7 Å². The third-order valence-corrected chi connectivity index (χ3v) is 6.36. The molecule has 4 heteroatoms. The summed E-state index contributed by atoms with van der Waals surface area (Å²) < 4.78 is 0. The van der Waals surface area contributed by atoms with E-state index in [0.717, 1.165) is 34.9 Å². The standard InChI is InChI=1S/C27H31N3O/c1-5-30-25-14-13-20(15-24(25)19(2)17-27(30,3)4)18-28-29-26(31)16-22-11-8-10-21-9-6-7-12-23(21)22/h6-15,18-19H,5,16-17H2,1-4H3,(H,29,31)/b28-18-/t19-/m0/s1. The van der Waals surface area contributed by atoms with E-state index in [-0.39, 0.29) is 11.4 Å². The minimum absolute atomic E-state index is 0.113. The molecule has 0 unspecified atom stereocenters. The van der Waals surface area contributed by atoms with Crippen LogP contribution in [0.15, 0.2) is 65.8 Å². The lowest BCUT2D eigenvalue weighted by Crippen LogP contribution is -2.48. The Hall–Kier alpha value is -3.14. The first-order chi connectivity index (χ1) is 14.9. The van der Waals surface area contributed by atoms with Crippen LogP contribution < -0.4 is 10.3 Å². The van der Waals surface area contributed by atoms with Gasteiger partial charge in [0.2, 0.25) is 5.91 Å². The van der Waals surface area contributed by atoms with Crippen LogP contribution in [0.2, 0.25) is 0 Å². The Labute approximate surface area is 185 Å². The third kappa shape index (κ3) is 4.34. The number of amides is 1. The Bertz CT molecular complexity index is 1130. The van der Waals surface area contributed by atoms with Gasteiger partial charge in [0, 0.05) is 17.8 Å². The number of anilines is 1. The van der Waals surface area contributed by atoms with Crippen molar-refractivity contribution in [2.24, 2.45) is 5.10 Å². The summed E-state index contributed by atoms with van der Waals surface area (Å²) in [5.41, 5.74) is 7.53. The number of carbonyl (C=O) groups excluding carboxylic acids is 1. The molecule has 31 heavy (non-hydrogen) atoms. The lowest BCUT2D eigenvalue weighted by atomic mass is 9.79. The van der Waals surface area contributed by atoms with Gasteiger partial charge in [-0.3, -0.25) is 4.79 Å². The molecule has 0 saturated carbocycles. The van der Waals surface area contributed by atoms with Crippen molar-refractivity contribution in [2.75, 3.05) is 11.4 Å². The van der Waals surface area contributed by atoms with Gasteiger partial charge in [-0.15, -0.1) is 0 Å². The van der Waals surface area contributed by atoms with Crippen LogP contribution in [0.4, 0.5) is 5.69 Å². The van der Waals surface area contributed by atoms with Crippen molar-refractivity contribution in [1.29, 1.82) is 0 Å². The molecule has 0 fully saturated rings. The van der Waals surface area contributed by atoms with Gasteiger partial charge in [0.15, 0.2) is 0 Å². The van der Waals surface area contributed by atoms with E-state index >= 15 is 0 Å². The number of nitrogens with zero attached hydrogens (tertiary/aromatic N) is 2. The number of carbonyl (C=O) groups is 1. The van der Waals surface area contributed by atoms with E-state index in [2.05, 4.69) is 79.5 Å². The zero-order valence-electron chi connectivity index (χ0n) is 18.9. The van der Waals surface area contributed by atoms with Crippen molar-refractivity contribution in [3.8, 4) is 0 Å². The second-order valence-corrected chi connectivity index (χ2v) is 9.09. The molecule has 1 N–H and O–H groups in total. The van der Waals surface area contributed by atoms with Crippen LogP contribution in [-0.2, 0) is 11.2 Å². The number of hydrazone groups is 1. The van der Waals surface area contributed by atoms with Crippen LogP contribution in [0.1, 0.15) is 56.7 Å². The second-order valence-electron chi connectivity index (χ2n) is 9.09. The van der Waals surface area contributed by atoms with Crippen LogP contribution in [-0.4, -0.2) is 24.2 Å². The molecule has 3 aromatic carbocycles. The first kappa shape index (κ1) is 21.1. The van der Waals surface area contributed by atoms with Gasteiger partial charge in [-0.2, -0.15) is 5.10 Å². The number of nitrogens with one attached hydrogen (secondary N) is 1. The average Bonchev–Trinajstić information content (AvgIpc) is 2.74. The predicted octanol–water partition coefficient (Wildman–Crippen LogP) is 5.64. The van der Waals surface area contributed by atoms with E-state index in [1.54, 1.807) is 6.21 Å². The van der Waals surface area contributed by atoms with Crippen LogP contribution in [0.25, 0.3) is 10.8 Å². The van der Waals surface area contributed by atoms with Crippen molar-refractivity contribution in [3.63, 3.8) is 0 Å². The van der Waals surface area contributed by atoms with Crippen molar-refractivity contribution in [3.05, 3.63) is 77.4 Å². The SMILES string of the molecule is CCN1c2ccc(/C=N\NC(=O)Cc3cccc4ccccc34)cc2[C@@H](C)CC1(C)C. The van der Waals surface area contributed by atoms with Gasteiger partial charge in [-0.1, -0.05) is 55.5 Å². The molecule has 0 saturated heterocycles. The summed E-state index contributed by atoms with van der Waals surface area (Å²) in [7, 11) is 0. The molecule has 1 amide bonds. The Morgan fingerprint density at radius 3 is 2.74 bits per heavy atom. The summed E-state index contributed by atoms with van der Waals surface area (Å²) >= 11 is 0. The number of hydrogen-bond donors (Lipinski definition) is 1.